The van der Waals surface area contributed by atoms with Gasteiger partial charge in [0.05, 0.1) is 24.0 Å². The Morgan fingerprint density at radius 1 is 1.00 bits per heavy atom. The third-order valence-electron chi connectivity index (χ3n) is 2.98. The normalized spacial score (nSPS) is 12.2. The van der Waals surface area contributed by atoms with Crippen molar-refractivity contribution in [2.75, 3.05) is 0 Å². The zero-order chi connectivity index (χ0) is 17.8. The van der Waals surface area contributed by atoms with Crippen LogP contribution in [0.4, 0.5) is 0 Å². The van der Waals surface area contributed by atoms with Crippen molar-refractivity contribution >= 4 is 12.5 Å². The molecule has 0 bridgehead atoms. The van der Waals surface area contributed by atoms with Gasteiger partial charge in [0.2, 0.25) is 0 Å². The van der Waals surface area contributed by atoms with E-state index in [1.807, 2.05) is 41.5 Å². The van der Waals surface area contributed by atoms with Crippen LogP contribution in [-0.2, 0) is 10.8 Å². The molecule has 0 saturated heterocycles. The number of aldehydes is 2. The lowest BCUT2D eigenvalue weighted by molar-refractivity contribution is 0.111. The second kappa shape index (κ2) is 6.68. The molecule has 22 heavy (non-hydrogen) atoms. The Bertz CT molecular complexity index is 675. The average molecular weight is 305 g/mol. The lowest BCUT2D eigenvalue weighted by Gasteiger charge is -2.16. The van der Waals surface area contributed by atoms with Gasteiger partial charge in [-0.25, -0.2) is 9.97 Å². The standard InChI is InChI=1S/2C8H12N2O/c2*1-8(2,3)7-6(4-11)9-5-10-7/h2*4-5H,1-3H3,(H,9,10)/i4D;. The Morgan fingerprint density at radius 3 is 1.95 bits per heavy atom. The van der Waals surface area contributed by atoms with Crippen LogP contribution in [0.5, 0.6) is 0 Å². The number of imidazole rings is 2. The molecule has 0 spiro atoms. The Hall–Kier alpha value is -2.24. The molecule has 2 heterocycles. The molecule has 0 aliphatic carbocycles. The van der Waals surface area contributed by atoms with Gasteiger partial charge in [0.15, 0.2) is 12.5 Å². The summed E-state index contributed by atoms with van der Waals surface area (Å²) in [7, 11) is 0. The number of rotatable bonds is 2. The first kappa shape index (κ1) is 16.1. The highest BCUT2D eigenvalue weighted by Gasteiger charge is 2.20. The van der Waals surface area contributed by atoms with Crippen molar-refractivity contribution in [2.24, 2.45) is 0 Å². The summed E-state index contributed by atoms with van der Waals surface area (Å²) in [6.07, 6.45) is 3.06. The number of aromatic amines is 2. The lowest BCUT2D eigenvalue weighted by atomic mass is 9.91. The van der Waals surface area contributed by atoms with E-state index in [0.717, 1.165) is 12.0 Å². The van der Waals surface area contributed by atoms with Gasteiger partial charge in [-0.1, -0.05) is 41.5 Å². The number of aromatic nitrogens is 4. The van der Waals surface area contributed by atoms with Crippen LogP contribution >= 0.6 is 0 Å². The van der Waals surface area contributed by atoms with Crippen molar-refractivity contribution in [3.05, 3.63) is 35.4 Å². The van der Waals surface area contributed by atoms with Gasteiger partial charge >= 0.3 is 0 Å². The van der Waals surface area contributed by atoms with Gasteiger partial charge in [-0.15, -0.1) is 0 Å². The lowest BCUT2D eigenvalue weighted by Crippen LogP contribution is -2.14. The number of carbonyl (C=O) groups excluding carboxylic acids is 2. The first-order valence-corrected chi connectivity index (χ1v) is 7.02. The first-order chi connectivity index (χ1) is 10.5. The van der Waals surface area contributed by atoms with Gasteiger partial charge in [0, 0.05) is 10.8 Å². The smallest absolute Gasteiger partial charge is 0.170 e. The summed E-state index contributed by atoms with van der Waals surface area (Å²) in [5.74, 6) is 0. The van der Waals surface area contributed by atoms with Crippen LogP contribution in [0.1, 0.15) is 75.3 Å². The number of hydrogen-bond donors (Lipinski definition) is 2. The van der Waals surface area contributed by atoms with E-state index in [0.29, 0.717) is 17.1 Å². The van der Waals surface area contributed by atoms with Gasteiger partial charge in [0.25, 0.3) is 0 Å². The molecule has 2 aromatic rings. The summed E-state index contributed by atoms with van der Waals surface area (Å²) < 4.78 is 6.95. The fourth-order valence-corrected chi connectivity index (χ4v) is 1.94. The maximum absolute atomic E-state index is 10.8. The molecule has 0 atom stereocenters. The van der Waals surface area contributed by atoms with Crippen molar-refractivity contribution in [3.63, 3.8) is 0 Å². The summed E-state index contributed by atoms with van der Waals surface area (Å²) in [6, 6.07) is 0. The molecule has 0 fully saturated rings. The maximum Gasteiger partial charge on any atom is 0.170 e. The van der Waals surface area contributed by atoms with Crippen molar-refractivity contribution < 1.29 is 11.0 Å². The third-order valence-corrected chi connectivity index (χ3v) is 2.98. The van der Waals surface area contributed by atoms with Crippen LogP contribution in [0.15, 0.2) is 12.7 Å². The van der Waals surface area contributed by atoms with E-state index in [2.05, 4.69) is 19.9 Å². The monoisotopic (exact) mass is 305 g/mol. The SMILES string of the molecule is CC(C)(C)c1[nH]cnc1C=O.[2H]C(=O)c1[nH]cnc1C(C)(C)C. The summed E-state index contributed by atoms with van der Waals surface area (Å²) in [4.78, 5) is 34.7. The van der Waals surface area contributed by atoms with Crippen LogP contribution < -0.4 is 0 Å². The van der Waals surface area contributed by atoms with E-state index < -0.39 is 6.26 Å². The van der Waals surface area contributed by atoms with E-state index in [9.17, 15) is 9.59 Å². The Balaban J connectivity index is 0.000000231. The fraction of sp³-hybridized carbons (Fsp3) is 0.500. The van der Waals surface area contributed by atoms with Crippen LogP contribution in [0.3, 0.4) is 0 Å². The Morgan fingerprint density at radius 2 is 1.59 bits per heavy atom. The topological polar surface area (TPSA) is 91.5 Å². The second-order valence-electron chi connectivity index (χ2n) is 7.01. The molecular formula is C16H24N4O2. The van der Waals surface area contributed by atoms with Crippen molar-refractivity contribution in [3.8, 4) is 0 Å². The summed E-state index contributed by atoms with van der Waals surface area (Å²) in [5.41, 5.74) is 2.13. The zero-order valence-corrected chi connectivity index (χ0v) is 13.9. The second-order valence-corrected chi connectivity index (χ2v) is 7.01. The van der Waals surface area contributed by atoms with E-state index in [1.165, 1.54) is 6.33 Å². The highest BCUT2D eigenvalue weighted by atomic mass is 16.1. The predicted octanol–water partition coefficient (Wildman–Crippen LogP) is 3.04. The minimum atomic E-state index is -0.711. The molecule has 2 N–H and O–H groups in total. The number of nitrogens with zero attached hydrogens (tertiary/aromatic N) is 2. The van der Waals surface area contributed by atoms with Crippen molar-refractivity contribution in [2.45, 2.75) is 52.4 Å². The quantitative estimate of drug-likeness (QED) is 0.834. The minimum absolute atomic E-state index is 0.0350. The van der Waals surface area contributed by atoms with E-state index >= 15 is 0 Å². The van der Waals surface area contributed by atoms with Crippen LogP contribution in [-0.4, -0.2) is 32.5 Å². The Labute approximate surface area is 132 Å². The number of H-pyrrole nitrogens is 2. The van der Waals surface area contributed by atoms with Gasteiger partial charge in [-0.2, -0.15) is 0 Å². The average Bonchev–Trinajstić information content (AvgIpc) is 3.07. The van der Waals surface area contributed by atoms with Crippen molar-refractivity contribution in [1.29, 1.82) is 0 Å². The number of nitrogens with one attached hydrogen (secondary N) is 2. The highest BCUT2D eigenvalue weighted by molar-refractivity contribution is 5.74. The molecule has 0 aliphatic heterocycles. The van der Waals surface area contributed by atoms with Crippen LogP contribution in [0, 0.1) is 0 Å². The maximum atomic E-state index is 10.8. The molecule has 0 aromatic carbocycles. The summed E-state index contributed by atoms with van der Waals surface area (Å²) in [5, 5.41) is 0. The fourth-order valence-electron chi connectivity index (χ4n) is 1.94. The largest absolute Gasteiger partial charge is 0.347 e. The minimum Gasteiger partial charge on any atom is -0.347 e. The molecule has 6 heteroatoms. The van der Waals surface area contributed by atoms with Gasteiger partial charge < -0.3 is 9.97 Å². The zero-order valence-electron chi connectivity index (χ0n) is 14.9. The highest BCUT2D eigenvalue weighted by Crippen LogP contribution is 2.22. The van der Waals surface area contributed by atoms with Gasteiger partial charge in [-0.05, 0) is 0 Å². The van der Waals surface area contributed by atoms with Crippen LogP contribution in [0.25, 0.3) is 0 Å². The molecule has 0 radical (unpaired) electrons. The molecule has 120 valence electrons. The van der Waals surface area contributed by atoms with Gasteiger partial charge in [0.1, 0.15) is 12.8 Å². The molecule has 0 unspecified atom stereocenters. The summed E-state index contributed by atoms with van der Waals surface area (Å²) in [6.45, 7) is 12.0. The molecular weight excluding hydrogens is 280 g/mol. The first-order valence-electron chi connectivity index (χ1n) is 7.52. The van der Waals surface area contributed by atoms with E-state index in [1.54, 1.807) is 6.33 Å². The van der Waals surface area contributed by atoms with Crippen LogP contribution in [0.2, 0.25) is 0 Å². The van der Waals surface area contributed by atoms with E-state index in [-0.39, 0.29) is 10.8 Å². The van der Waals surface area contributed by atoms with Crippen molar-refractivity contribution in [1.82, 2.24) is 19.9 Å². The number of hydrogen-bond acceptors (Lipinski definition) is 4. The molecule has 2 aromatic heterocycles. The predicted molar refractivity (Wildman–Crippen MR) is 85.4 cm³/mol. The third kappa shape index (κ3) is 4.38. The molecule has 0 saturated carbocycles. The molecule has 2 rings (SSSR count). The molecule has 0 amide bonds. The van der Waals surface area contributed by atoms with Gasteiger partial charge in [-0.3, -0.25) is 9.59 Å². The molecule has 6 nitrogen and oxygen atoms in total. The summed E-state index contributed by atoms with van der Waals surface area (Å²) >= 11 is 0. The number of carbonyl (C=O) groups is 2. The Kier molecular flexibility index (Phi) is 4.90. The molecule has 0 aliphatic rings. The van der Waals surface area contributed by atoms with E-state index in [4.69, 9.17) is 1.37 Å².